The van der Waals surface area contributed by atoms with Crippen molar-refractivity contribution in [2.75, 3.05) is 6.61 Å². The molecule has 0 spiro atoms. The summed E-state index contributed by atoms with van der Waals surface area (Å²) in [5, 5.41) is 76.4. The van der Waals surface area contributed by atoms with E-state index in [1.54, 1.807) is 13.8 Å². The minimum Gasteiger partial charge on any atom is -0.394 e. The fourth-order valence-electron chi connectivity index (χ4n) is 12.9. The molecule has 2 aliphatic heterocycles. The first-order valence-electron chi connectivity index (χ1n) is 17.9. The second-order valence-electron chi connectivity index (χ2n) is 18.4. The number of aliphatic hydroxyl groups excluding tert-OH is 6. The SMILES string of the molecule is CC(C)(O)[C@@H]1CC[C@@](C)([C@H]2CC[C@H]3[C@]4(C)C[C@H](O[C@@H]5O[C@H](CO)[C@@H](O)[C@H](O)[C@H]5O)[C@H]5C(C)(C)[C@@H](O)CC[C@]5(C)[C@H]4C[C@@H](O)[C@@]32C)O1. The van der Waals surface area contributed by atoms with Gasteiger partial charge in [0.2, 0.25) is 0 Å². The minimum absolute atomic E-state index is 0.102. The molecule has 17 atom stereocenters. The van der Waals surface area contributed by atoms with Crippen LogP contribution in [-0.4, -0.2) is 109 Å². The Morgan fingerprint density at radius 1 is 0.761 bits per heavy atom. The first-order chi connectivity index (χ1) is 21.2. The lowest BCUT2D eigenvalue weighted by molar-refractivity contribution is -0.345. The predicted molar refractivity (Wildman–Crippen MR) is 169 cm³/mol. The van der Waals surface area contributed by atoms with Gasteiger partial charge < -0.3 is 50.0 Å². The van der Waals surface area contributed by atoms with E-state index in [0.29, 0.717) is 19.3 Å². The normalized spacial score (nSPS) is 57.1. The number of fused-ring (bicyclic) bond motifs is 5. The molecule has 4 aliphatic carbocycles. The standard InChI is InChI=1S/C36H62O10/c1-31(2)23(38)11-13-33(5)22-15-24(39)36(8)20(9-10-21(36)35(7)14-12-25(46-35)32(3,4)43)34(22,6)16-18(29(31)33)44-30-28(42)27(41)26(40)19(17-37)45-30/h18-30,37-43H,9-17H2,1-8H3/t18-,19+,20-,21+,22+,23-,24+,25-,26+,27-,28+,29-,30+,33+,34-,35-,36-/m0/s1. The van der Waals surface area contributed by atoms with Gasteiger partial charge in [0.15, 0.2) is 6.29 Å². The van der Waals surface area contributed by atoms with E-state index in [-0.39, 0.29) is 40.6 Å². The van der Waals surface area contributed by atoms with Crippen molar-refractivity contribution in [3.05, 3.63) is 0 Å². The third-order valence-electron chi connectivity index (χ3n) is 15.1. The maximum absolute atomic E-state index is 12.3. The van der Waals surface area contributed by atoms with E-state index in [1.807, 2.05) is 0 Å². The van der Waals surface area contributed by atoms with Gasteiger partial charge in [-0.25, -0.2) is 0 Å². The topological polar surface area (TPSA) is 169 Å². The molecule has 266 valence electrons. The minimum atomic E-state index is -1.54. The first-order valence-corrected chi connectivity index (χ1v) is 17.9. The van der Waals surface area contributed by atoms with Crippen molar-refractivity contribution in [1.82, 2.24) is 0 Å². The smallest absolute Gasteiger partial charge is 0.186 e. The zero-order valence-corrected chi connectivity index (χ0v) is 29.2. The van der Waals surface area contributed by atoms with Gasteiger partial charge in [0.25, 0.3) is 0 Å². The van der Waals surface area contributed by atoms with E-state index in [9.17, 15) is 35.7 Å². The molecule has 0 bridgehead atoms. The Balaban J connectivity index is 1.38. The molecule has 4 saturated carbocycles. The molecular weight excluding hydrogens is 592 g/mol. The van der Waals surface area contributed by atoms with Crippen LogP contribution in [-0.2, 0) is 14.2 Å². The Morgan fingerprint density at radius 2 is 1.41 bits per heavy atom. The van der Waals surface area contributed by atoms with Gasteiger partial charge in [0.1, 0.15) is 24.4 Å². The fourth-order valence-corrected chi connectivity index (χ4v) is 12.9. The summed E-state index contributed by atoms with van der Waals surface area (Å²) in [4.78, 5) is 0. The van der Waals surface area contributed by atoms with Gasteiger partial charge in [-0.1, -0.05) is 34.6 Å². The van der Waals surface area contributed by atoms with Crippen molar-refractivity contribution in [2.24, 2.45) is 45.3 Å². The van der Waals surface area contributed by atoms with Gasteiger partial charge in [-0.2, -0.15) is 0 Å². The van der Waals surface area contributed by atoms with Gasteiger partial charge in [-0.15, -0.1) is 0 Å². The van der Waals surface area contributed by atoms with Crippen molar-refractivity contribution in [2.45, 2.75) is 173 Å². The van der Waals surface area contributed by atoms with E-state index in [2.05, 4.69) is 41.5 Å². The Bertz CT molecular complexity index is 1140. The van der Waals surface area contributed by atoms with Gasteiger partial charge in [0, 0.05) is 5.41 Å². The first kappa shape index (κ1) is 35.4. The molecular formula is C36H62O10. The second-order valence-corrected chi connectivity index (χ2v) is 18.4. The third kappa shape index (κ3) is 4.94. The van der Waals surface area contributed by atoms with Crippen molar-refractivity contribution in [1.29, 1.82) is 0 Å². The fraction of sp³-hybridized carbons (Fsp3) is 1.00. The van der Waals surface area contributed by atoms with Crippen LogP contribution in [0.1, 0.15) is 107 Å². The lowest BCUT2D eigenvalue weighted by atomic mass is 9.35. The maximum Gasteiger partial charge on any atom is 0.186 e. The third-order valence-corrected chi connectivity index (χ3v) is 15.1. The highest BCUT2D eigenvalue weighted by Crippen LogP contribution is 2.75. The summed E-state index contributed by atoms with van der Waals surface area (Å²) in [6.45, 7) is 16.3. The van der Waals surface area contributed by atoms with E-state index in [4.69, 9.17) is 14.2 Å². The molecule has 0 aromatic carbocycles. The summed E-state index contributed by atoms with van der Waals surface area (Å²) in [7, 11) is 0. The predicted octanol–water partition coefficient (Wildman–Crippen LogP) is 2.51. The average molecular weight is 655 g/mol. The number of aliphatic hydroxyl groups is 7. The summed E-state index contributed by atoms with van der Waals surface area (Å²) in [5.74, 6) is 0.255. The largest absolute Gasteiger partial charge is 0.394 e. The Morgan fingerprint density at radius 3 is 2.02 bits per heavy atom. The molecule has 46 heavy (non-hydrogen) atoms. The Labute approximate surface area is 274 Å². The van der Waals surface area contributed by atoms with Crippen LogP contribution in [0, 0.1) is 45.3 Å². The summed E-state index contributed by atoms with van der Waals surface area (Å²) < 4.78 is 19.4. The molecule has 10 nitrogen and oxygen atoms in total. The van der Waals surface area contributed by atoms with Gasteiger partial charge in [-0.05, 0) is 112 Å². The van der Waals surface area contributed by atoms with Crippen molar-refractivity contribution in [3.8, 4) is 0 Å². The monoisotopic (exact) mass is 654 g/mol. The van der Waals surface area contributed by atoms with Crippen molar-refractivity contribution < 1.29 is 50.0 Å². The average Bonchev–Trinajstić information content (AvgIpc) is 3.55. The molecule has 0 aromatic heterocycles. The van der Waals surface area contributed by atoms with Crippen LogP contribution in [0.4, 0.5) is 0 Å². The van der Waals surface area contributed by atoms with Crippen LogP contribution in [0.5, 0.6) is 0 Å². The highest BCUT2D eigenvalue weighted by molar-refractivity contribution is 5.22. The van der Waals surface area contributed by atoms with E-state index < -0.39 is 77.7 Å². The molecule has 6 rings (SSSR count). The van der Waals surface area contributed by atoms with Gasteiger partial charge >= 0.3 is 0 Å². The highest BCUT2D eigenvalue weighted by Gasteiger charge is 2.73. The van der Waals surface area contributed by atoms with Crippen LogP contribution in [0.2, 0.25) is 0 Å². The molecule has 2 saturated heterocycles. The molecule has 0 radical (unpaired) electrons. The molecule has 6 aliphatic rings. The summed E-state index contributed by atoms with van der Waals surface area (Å²) in [5.41, 5.74) is -2.98. The van der Waals surface area contributed by atoms with Crippen molar-refractivity contribution in [3.63, 3.8) is 0 Å². The molecule has 2 heterocycles. The quantitative estimate of drug-likeness (QED) is 0.219. The zero-order valence-electron chi connectivity index (χ0n) is 29.2. The number of rotatable bonds is 5. The number of hydrogen-bond acceptors (Lipinski definition) is 10. The molecule has 0 aromatic rings. The Hall–Kier alpha value is -0.400. The number of hydrogen-bond donors (Lipinski definition) is 7. The number of ether oxygens (including phenoxy) is 3. The molecule has 0 amide bonds. The van der Waals surface area contributed by atoms with Crippen LogP contribution in [0.3, 0.4) is 0 Å². The highest BCUT2D eigenvalue weighted by atomic mass is 16.7. The van der Waals surface area contributed by atoms with E-state index in [0.717, 1.165) is 32.1 Å². The molecule has 6 fully saturated rings. The van der Waals surface area contributed by atoms with Crippen molar-refractivity contribution >= 4 is 0 Å². The van der Waals surface area contributed by atoms with Crippen LogP contribution >= 0.6 is 0 Å². The van der Waals surface area contributed by atoms with Crippen LogP contribution in [0.15, 0.2) is 0 Å². The van der Waals surface area contributed by atoms with E-state index in [1.165, 1.54) is 0 Å². The lowest BCUT2D eigenvalue weighted by Crippen LogP contribution is -2.70. The second kappa shape index (κ2) is 11.3. The Kier molecular flexibility index (Phi) is 8.71. The van der Waals surface area contributed by atoms with E-state index >= 15 is 0 Å². The summed E-state index contributed by atoms with van der Waals surface area (Å²) in [6, 6.07) is 0. The molecule has 7 N–H and O–H groups in total. The molecule has 0 unspecified atom stereocenters. The van der Waals surface area contributed by atoms with Crippen LogP contribution in [0.25, 0.3) is 0 Å². The zero-order chi connectivity index (χ0) is 34.0. The summed E-state index contributed by atoms with van der Waals surface area (Å²) >= 11 is 0. The summed E-state index contributed by atoms with van der Waals surface area (Å²) in [6.07, 6.45) is -2.57. The van der Waals surface area contributed by atoms with Gasteiger partial charge in [-0.3, -0.25) is 0 Å². The maximum atomic E-state index is 12.3. The van der Waals surface area contributed by atoms with Gasteiger partial charge in [0.05, 0.1) is 42.2 Å². The molecule has 10 heteroatoms. The lowest BCUT2D eigenvalue weighted by Gasteiger charge is -2.71. The van der Waals surface area contributed by atoms with Crippen LogP contribution < -0.4 is 0 Å².